The van der Waals surface area contributed by atoms with Crippen molar-refractivity contribution in [2.45, 2.75) is 58.2 Å². The first-order valence-electron chi connectivity index (χ1n) is 14.1. The summed E-state index contributed by atoms with van der Waals surface area (Å²) in [6, 6.07) is 11.6. The number of aromatic nitrogens is 4. The molecular weight excluding hydrogens is 602 g/mol. The third kappa shape index (κ3) is 7.04. The highest BCUT2D eigenvalue weighted by Crippen LogP contribution is 2.42. The monoisotopic (exact) mass is 632 g/mol. The molecule has 0 spiro atoms. The zero-order chi connectivity index (χ0) is 32.7. The largest absolute Gasteiger partial charge is 0.478 e. The number of aryl methyl sites for hydroxylation is 3. The Morgan fingerprint density at radius 2 is 1.56 bits per heavy atom. The number of carboxylic acid groups (broad SMARTS) is 1. The van der Waals surface area contributed by atoms with Gasteiger partial charge in [0, 0.05) is 25.3 Å². The van der Waals surface area contributed by atoms with Gasteiger partial charge in [-0.15, -0.1) is 5.10 Å². The molecule has 0 aliphatic carbocycles. The van der Waals surface area contributed by atoms with Gasteiger partial charge in [-0.25, -0.2) is 4.79 Å². The second kappa shape index (κ2) is 12.1. The van der Waals surface area contributed by atoms with Gasteiger partial charge in [-0.2, -0.15) is 31.1 Å². The van der Waals surface area contributed by atoms with Crippen molar-refractivity contribution in [3.63, 3.8) is 0 Å². The van der Waals surface area contributed by atoms with E-state index in [1.54, 1.807) is 17.0 Å². The standard InChI is InChI=1S/C31H30F6N6O2/c1-18-11-25-26(5-4-10-42(27(25)12-19(18)2)16-20-6-8-22(9-7-20)28(44)45)43(29-38-40-41(3)39-29)17-21-13-23(30(32,33)34)15-24(14-21)31(35,36)37/h6-9,11-15,26H,4-5,10,16-17H2,1-3H3,(H,44,45)/t26-/m0/s1. The lowest BCUT2D eigenvalue weighted by Gasteiger charge is -2.33. The summed E-state index contributed by atoms with van der Waals surface area (Å²) in [7, 11) is 1.52. The van der Waals surface area contributed by atoms with E-state index < -0.39 is 35.5 Å². The van der Waals surface area contributed by atoms with Crippen molar-refractivity contribution in [3.8, 4) is 0 Å². The van der Waals surface area contributed by atoms with Gasteiger partial charge in [0.25, 0.3) is 5.95 Å². The molecular formula is C31H30F6N6O2. The smallest absolute Gasteiger partial charge is 0.416 e. The average Bonchev–Trinajstić information content (AvgIpc) is 3.32. The van der Waals surface area contributed by atoms with Crippen molar-refractivity contribution in [1.82, 2.24) is 20.2 Å². The number of halogens is 6. The molecule has 2 heterocycles. The van der Waals surface area contributed by atoms with Crippen LogP contribution in [0.4, 0.5) is 38.0 Å². The first-order valence-corrected chi connectivity index (χ1v) is 14.1. The number of aromatic carboxylic acids is 1. The van der Waals surface area contributed by atoms with E-state index in [2.05, 4.69) is 20.3 Å². The van der Waals surface area contributed by atoms with Crippen LogP contribution in [-0.4, -0.2) is 37.8 Å². The Labute approximate surface area is 254 Å². The number of hydrogen-bond donors (Lipinski definition) is 1. The molecule has 3 aromatic carbocycles. The molecule has 238 valence electrons. The van der Waals surface area contributed by atoms with Crippen molar-refractivity contribution in [2.75, 3.05) is 16.3 Å². The summed E-state index contributed by atoms with van der Waals surface area (Å²) in [5, 5.41) is 21.6. The van der Waals surface area contributed by atoms with Gasteiger partial charge in [-0.1, -0.05) is 23.3 Å². The number of tetrazole rings is 1. The summed E-state index contributed by atoms with van der Waals surface area (Å²) in [5.74, 6) is -0.966. The molecule has 1 aliphatic heterocycles. The Morgan fingerprint density at radius 1 is 0.933 bits per heavy atom. The molecule has 1 aliphatic rings. The van der Waals surface area contributed by atoms with Crippen LogP contribution in [-0.2, 0) is 32.5 Å². The van der Waals surface area contributed by atoms with E-state index in [1.807, 2.05) is 26.0 Å². The van der Waals surface area contributed by atoms with Crippen LogP contribution in [0.1, 0.15) is 68.2 Å². The molecule has 5 rings (SSSR count). The Kier molecular flexibility index (Phi) is 8.51. The predicted octanol–water partition coefficient (Wildman–Crippen LogP) is 7.11. The van der Waals surface area contributed by atoms with Gasteiger partial charge in [0.2, 0.25) is 0 Å². The van der Waals surface area contributed by atoms with Crippen molar-refractivity contribution >= 4 is 17.6 Å². The van der Waals surface area contributed by atoms with Crippen LogP contribution < -0.4 is 9.80 Å². The lowest BCUT2D eigenvalue weighted by atomic mass is 9.95. The highest BCUT2D eigenvalue weighted by Gasteiger charge is 2.38. The third-order valence-electron chi connectivity index (χ3n) is 7.95. The van der Waals surface area contributed by atoms with Gasteiger partial charge < -0.3 is 14.9 Å². The molecule has 0 bridgehead atoms. The molecule has 0 saturated carbocycles. The second-order valence-electron chi connectivity index (χ2n) is 11.2. The van der Waals surface area contributed by atoms with E-state index in [4.69, 9.17) is 0 Å². The van der Waals surface area contributed by atoms with Crippen LogP contribution >= 0.6 is 0 Å². The van der Waals surface area contributed by atoms with Gasteiger partial charge in [-0.05, 0) is 96.1 Å². The van der Waals surface area contributed by atoms with E-state index in [1.165, 1.54) is 24.0 Å². The summed E-state index contributed by atoms with van der Waals surface area (Å²) < 4.78 is 82.3. The summed E-state index contributed by atoms with van der Waals surface area (Å²) in [6.07, 6.45) is -8.86. The van der Waals surface area contributed by atoms with Crippen LogP contribution in [0.3, 0.4) is 0 Å². The first-order chi connectivity index (χ1) is 21.1. The van der Waals surface area contributed by atoms with Gasteiger partial charge in [0.1, 0.15) is 0 Å². The van der Waals surface area contributed by atoms with Crippen LogP contribution in [0.2, 0.25) is 0 Å². The van der Waals surface area contributed by atoms with E-state index in [9.17, 15) is 36.2 Å². The van der Waals surface area contributed by atoms with E-state index >= 15 is 0 Å². The minimum Gasteiger partial charge on any atom is -0.478 e. The van der Waals surface area contributed by atoms with Crippen LogP contribution in [0.25, 0.3) is 0 Å². The summed E-state index contributed by atoms with van der Waals surface area (Å²) in [6.45, 7) is 4.59. The molecule has 4 aromatic rings. The van der Waals surface area contributed by atoms with Crippen LogP contribution in [0.15, 0.2) is 54.6 Å². The molecule has 45 heavy (non-hydrogen) atoms. The highest BCUT2D eigenvalue weighted by molar-refractivity contribution is 5.87. The number of rotatable bonds is 7. The zero-order valence-electron chi connectivity index (χ0n) is 24.6. The van der Waals surface area contributed by atoms with Crippen molar-refractivity contribution in [2.24, 2.45) is 7.05 Å². The zero-order valence-corrected chi connectivity index (χ0v) is 24.6. The number of benzene rings is 3. The number of nitrogens with zero attached hydrogens (tertiary/aromatic N) is 6. The van der Waals surface area contributed by atoms with E-state index in [-0.39, 0.29) is 29.7 Å². The van der Waals surface area contributed by atoms with Crippen LogP contribution in [0, 0.1) is 13.8 Å². The number of carbonyl (C=O) groups is 1. The topological polar surface area (TPSA) is 87.4 Å². The van der Waals surface area contributed by atoms with Gasteiger partial charge in [-0.3, -0.25) is 0 Å². The van der Waals surface area contributed by atoms with Gasteiger partial charge >= 0.3 is 18.3 Å². The lowest BCUT2D eigenvalue weighted by molar-refractivity contribution is -0.143. The Hall–Kier alpha value is -4.62. The Balaban J connectivity index is 1.60. The van der Waals surface area contributed by atoms with Crippen molar-refractivity contribution in [1.29, 1.82) is 0 Å². The lowest BCUT2D eigenvalue weighted by Crippen LogP contribution is -2.30. The molecule has 14 heteroatoms. The maximum atomic E-state index is 13.7. The number of hydrogen-bond acceptors (Lipinski definition) is 6. The summed E-state index contributed by atoms with van der Waals surface area (Å²) >= 11 is 0. The van der Waals surface area contributed by atoms with Crippen molar-refractivity contribution in [3.05, 3.63) is 99.1 Å². The molecule has 1 aromatic heterocycles. The fourth-order valence-electron chi connectivity index (χ4n) is 5.59. The van der Waals surface area contributed by atoms with Gasteiger partial charge in [0.15, 0.2) is 0 Å². The average molecular weight is 633 g/mol. The van der Waals surface area contributed by atoms with Crippen molar-refractivity contribution < 1.29 is 36.2 Å². The quantitative estimate of drug-likeness (QED) is 0.217. The Bertz CT molecular complexity index is 1670. The molecule has 1 N–H and O–H groups in total. The SMILES string of the molecule is Cc1cc2c(cc1C)N(Cc1ccc(C(=O)O)cc1)CCC[C@@H]2N(Cc1cc(C(F)(F)F)cc(C(F)(F)F)c1)c1nnn(C)n1. The number of anilines is 2. The highest BCUT2D eigenvalue weighted by atomic mass is 19.4. The first kappa shape index (κ1) is 31.8. The minimum atomic E-state index is -4.99. The van der Waals surface area contributed by atoms with E-state index in [0.717, 1.165) is 40.1 Å². The number of fused-ring (bicyclic) bond motifs is 1. The fraction of sp³-hybridized carbons (Fsp3) is 0.355. The van der Waals surface area contributed by atoms with E-state index in [0.29, 0.717) is 25.9 Å². The molecule has 8 nitrogen and oxygen atoms in total. The molecule has 1 atom stereocenters. The fourth-order valence-corrected chi connectivity index (χ4v) is 5.59. The molecule has 0 radical (unpaired) electrons. The minimum absolute atomic E-state index is 0.0651. The summed E-state index contributed by atoms with van der Waals surface area (Å²) in [4.78, 5) is 16.3. The number of alkyl halides is 6. The predicted molar refractivity (Wildman–Crippen MR) is 154 cm³/mol. The Morgan fingerprint density at radius 3 is 2.11 bits per heavy atom. The molecule has 0 unspecified atom stereocenters. The summed E-state index contributed by atoms with van der Waals surface area (Å²) in [5.41, 5.74) is 1.66. The maximum Gasteiger partial charge on any atom is 0.416 e. The molecule has 0 fully saturated rings. The number of carboxylic acids is 1. The normalized spacial score (nSPS) is 15.5. The van der Waals surface area contributed by atoms with Crippen LogP contribution in [0.5, 0.6) is 0 Å². The second-order valence-corrected chi connectivity index (χ2v) is 11.2. The molecule has 0 amide bonds. The maximum absolute atomic E-state index is 13.7. The van der Waals surface area contributed by atoms with Gasteiger partial charge in [0.05, 0.1) is 29.8 Å². The third-order valence-corrected chi connectivity index (χ3v) is 7.95. The molecule has 0 saturated heterocycles.